The maximum atomic E-state index is 12.0. The molecular formula is C26H22N6O2S. The number of nitrogens with zero attached hydrogens (tertiary/aromatic N) is 6. The van der Waals surface area contributed by atoms with E-state index in [1.54, 1.807) is 24.3 Å². The molecule has 4 heterocycles. The van der Waals surface area contributed by atoms with Gasteiger partial charge in [0.25, 0.3) is 0 Å². The van der Waals surface area contributed by atoms with Gasteiger partial charge >= 0.3 is 5.97 Å². The molecule has 0 saturated carbocycles. The van der Waals surface area contributed by atoms with E-state index < -0.39 is 17.9 Å². The standard InChI is InChI=1S/C26H22N6O2S/c1-13-15(3)35-25-21(13)23(29-22(14(2)26(33)34)24-31-30-16(4)32(24)25)18-10-8-17(9-11-18)20-7-5-6-19(12-27)28-20/h5-11,14,22H,1-4H3,(H,33,34)/t14?,22-/m0/s1. The highest BCUT2D eigenvalue weighted by molar-refractivity contribution is 7.15. The number of benzene rings is 1. The molecule has 1 aromatic carbocycles. The maximum Gasteiger partial charge on any atom is 0.308 e. The normalized spacial score (nSPS) is 15.4. The number of aliphatic imine (C=N–C) groups is 1. The van der Waals surface area contributed by atoms with E-state index in [0.717, 1.165) is 37.8 Å². The van der Waals surface area contributed by atoms with Crippen molar-refractivity contribution in [3.8, 4) is 22.3 Å². The first-order valence-electron chi connectivity index (χ1n) is 11.1. The minimum atomic E-state index is -0.942. The molecule has 1 unspecified atom stereocenters. The van der Waals surface area contributed by atoms with E-state index in [1.807, 2.05) is 47.9 Å². The Labute approximate surface area is 206 Å². The SMILES string of the molecule is Cc1sc2c(c1C)C(c1ccc(-c3cccc(C#N)n3)cc1)=N[C@@H](C(C)C(=O)O)c1nnc(C)n1-2. The van der Waals surface area contributed by atoms with Crippen LogP contribution < -0.4 is 0 Å². The fourth-order valence-electron chi connectivity index (χ4n) is 4.27. The molecule has 1 aliphatic rings. The van der Waals surface area contributed by atoms with Crippen LogP contribution in [-0.4, -0.2) is 36.5 Å². The molecule has 0 bridgehead atoms. The number of carbonyl (C=O) groups is 1. The van der Waals surface area contributed by atoms with Crippen LogP contribution in [0.25, 0.3) is 16.3 Å². The molecule has 8 nitrogen and oxygen atoms in total. The quantitative estimate of drug-likeness (QED) is 0.446. The predicted molar refractivity (Wildman–Crippen MR) is 133 cm³/mol. The van der Waals surface area contributed by atoms with Gasteiger partial charge < -0.3 is 5.11 Å². The highest BCUT2D eigenvalue weighted by Gasteiger charge is 2.36. The molecule has 0 amide bonds. The predicted octanol–water partition coefficient (Wildman–Crippen LogP) is 4.80. The molecule has 0 fully saturated rings. The van der Waals surface area contributed by atoms with Gasteiger partial charge in [-0.15, -0.1) is 21.5 Å². The van der Waals surface area contributed by atoms with Crippen molar-refractivity contribution in [2.24, 2.45) is 10.9 Å². The summed E-state index contributed by atoms with van der Waals surface area (Å²) < 4.78 is 1.95. The van der Waals surface area contributed by atoms with Gasteiger partial charge in [-0.1, -0.05) is 30.3 Å². The number of nitriles is 1. The summed E-state index contributed by atoms with van der Waals surface area (Å²) in [4.78, 5) is 22.6. The second-order valence-corrected chi connectivity index (χ2v) is 9.75. The molecule has 35 heavy (non-hydrogen) atoms. The smallest absolute Gasteiger partial charge is 0.308 e. The molecule has 0 aliphatic carbocycles. The van der Waals surface area contributed by atoms with Crippen molar-refractivity contribution >= 4 is 23.0 Å². The number of aryl methyl sites for hydroxylation is 2. The molecule has 1 N–H and O–H groups in total. The van der Waals surface area contributed by atoms with E-state index in [2.05, 4.69) is 35.1 Å². The summed E-state index contributed by atoms with van der Waals surface area (Å²) in [5.74, 6) is -0.508. The van der Waals surface area contributed by atoms with Crippen LogP contribution in [0.5, 0.6) is 0 Å². The van der Waals surface area contributed by atoms with Gasteiger partial charge in [0.15, 0.2) is 5.82 Å². The van der Waals surface area contributed by atoms with Gasteiger partial charge in [-0.2, -0.15) is 5.26 Å². The average molecular weight is 483 g/mol. The van der Waals surface area contributed by atoms with Crippen LogP contribution in [0.3, 0.4) is 0 Å². The fourth-order valence-corrected chi connectivity index (χ4v) is 5.49. The van der Waals surface area contributed by atoms with Crippen LogP contribution in [0.2, 0.25) is 0 Å². The molecule has 5 rings (SSSR count). The fraction of sp³-hybridized carbons (Fsp3) is 0.231. The summed E-state index contributed by atoms with van der Waals surface area (Å²) >= 11 is 1.63. The summed E-state index contributed by atoms with van der Waals surface area (Å²) in [6, 6.07) is 14.5. The van der Waals surface area contributed by atoms with E-state index in [0.29, 0.717) is 23.0 Å². The Balaban J connectivity index is 1.70. The van der Waals surface area contributed by atoms with Crippen LogP contribution in [0.1, 0.15) is 51.9 Å². The Morgan fingerprint density at radius 2 is 1.83 bits per heavy atom. The minimum Gasteiger partial charge on any atom is -0.481 e. The number of rotatable bonds is 4. The Bertz CT molecular complexity index is 1540. The Hall–Kier alpha value is -4.16. The third-order valence-electron chi connectivity index (χ3n) is 6.37. The van der Waals surface area contributed by atoms with Crippen LogP contribution in [0.15, 0.2) is 47.5 Å². The zero-order valence-electron chi connectivity index (χ0n) is 19.6. The maximum absolute atomic E-state index is 12.0. The lowest BCUT2D eigenvalue weighted by Crippen LogP contribution is -2.21. The zero-order valence-corrected chi connectivity index (χ0v) is 20.5. The van der Waals surface area contributed by atoms with E-state index in [4.69, 9.17) is 4.99 Å². The van der Waals surface area contributed by atoms with Crippen molar-refractivity contribution in [1.29, 1.82) is 5.26 Å². The third kappa shape index (κ3) is 3.72. The number of pyridine rings is 1. The number of thiophene rings is 1. The van der Waals surface area contributed by atoms with Crippen molar-refractivity contribution in [2.45, 2.75) is 33.7 Å². The molecule has 0 radical (unpaired) electrons. The second kappa shape index (κ2) is 8.56. The molecule has 174 valence electrons. The van der Waals surface area contributed by atoms with E-state index in [-0.39, 0.29) is 0 Å². The summed E-state index contributed by atoms with van der Waals surface area (Å²) in [6.45, 7) is 7.65. The topological polar surface area (TPSA) is 117 Å². The number of carboxylic acids is 1. The van der Waals surface area contributed by atoms with Gasteiger partial charge in [-0.3, -0.25) is 14.4 Å². The highest BCUT2D eigenvalue weighted by Crippen LogP contribution is 2.40. The zero-order chi connectivity index (χ0) is 24.9. The lowest BCUT2D eigenvalue weighted by molar-refractivity contribution is -0.141. The molecule has 9 heteroatoms. The van der Waals surface area contributed by atoms with E-state index in [1.165, 1.54) is 0 Å². The van der Waals surface area contributed by atoms with Crippen molar-refractivity contribution in [3.63, 3.8) is 0 Å². The van der Waals surface area contributed by atoms with Crippen molar-refractivity contribution < 1.29 is 9.90 Å². The van der Waals surface area contributed by atoms with Crippen LogP contribution in [0.4, 0.5) is 0 Å². The largest absolute Gasteiger partial charge is 0.481 e. The van der Waals surface area contributed by atoms with Gasteiger partial charge in [0.1, 0.15) is 28.6 Å². The number of hydrogen-bond donors (Lipinski definition) is 1. The van der Waals surface area contributed by atoms with Crippen molar-refractivity contribution in [1.82, 2.24) is 19.7 Å². The van der Waals surface area contributed by atoms with Crippen molar-refractivity contribution in [2.75, 3.05) is 0 Å². The van der Waals surface area contributed by atoms with Gasteiger partial charge in [-0.05, 0) is 45.4 Å². The molecule has 1 aliphatic heterocycles. The van der Waals surface area contributed by atoms with Crippen LogP contribution >= 0.6 is 11.3 Å². The van der Waals surface area contributed by atoms with Crippen LogP contribution in [0, 0.1) is 38.0 Å². The number of fused-ring (bicyclic) bond motifs is 3. The number of aromatic nitrogens is 4. The average Bonchev–Trinajstić information content (AvgIpc) is 3.33. The summed E-state index contributed by atoms with van der Waals surface area (Å²) in [5.41, 5.74) is 5.61. The summed E-state index contributed by atoms with van der Waals surface area (Å²) in [6.07, 6.45) is 0. The Morgan fingerprint density at radius 3 is 2.51 bits per heavy atom. The molecule has 0 spiro atoms. The van der Waals surface area contributed by atoms with Gasteiger partial charge in [-0.25, -0.2) is 4.98 Å². The Kier molecular flexibility index (Phi) is 5.53. The first-order valence-corrected chi connectivity index (χ1v) is 11.9. The van der Waals surface area contributed by atoms with Crippen LogP contribution in [-0.2, 0) is 4.79 Å². The molecule has 2 atom stereocenters. The summed E-state index contributed by atoms with van der Waals surface area (Å²) in [7, 11) is 0. The molecule has 3 aromatic heterocycles. The van der Waals surface area contributed by atoms with Gasteiger partial charge in [0, 0.05) is 21.6 Å². The highest BCUT2D eigenvalue weighted by atomic mass is 32.1. The minimum absolute atomic E-state index is 0.359. The molecule has 0 saturated heterocycles. The first kappa shape index (κ1) is 22.6. The first-order chi connectivity index (χ1) is 16.8. The monoisotopic (exact) mass is 482 g/mol. The van der Waals surface area contributed by atoms with Gasteiger partial charge in [0.2, 0.25) is 0 Å². The number of carboxylic acid groups (broad SMARTS) is 1. The van der Waals surface area contributed by atoms with E-state index in [9.17, 15) is 15.2 Å². The molecular weight excluding hydrogens is 460 g/mol. The summed E-state index contributed by atoms with van der Waals surface area (Å²) in [5, 5.41) is 28.6. The molecule has 4 aromatic rings. The number of aliphatic carboxylic acids is 1. The van der Waals surface area contributed by atoms with E-state index >= 15 is 0 Å². The second-order valence-electron chi connectivity index (χ2n) is 8.55. The van der Waals surface area contributed by atoms with Crippen molar-refractivity contribution in [3.05, 3.63) is 81.4 Å². The lowest BCUT2D eigenvalue weighted by atomic mass is 9.97. The number of hydrogen-bond acceptors (Lipinski definition) is 7. The van der Waals surface area contributed by atoms with Gasteiger partial charge in [0.05, 0.1) is 17.3 Å². The lowest BCUT2D eigenvalue weighted by Gasteiger charge is -2.16. The third-order valence-corrected chi connectivity index (χ3v) is 7.56. The Morgan fingerprint density at radius 1 is 1.11 bits per heavy atom.